The molecule has 1 N–H and O–H groups in total. The zero-order valence-electron chi connectivity index (χ0n) is 13.0. The summed E-state index contributed by atoms with van der Waals surface area (Å²) in [7, 11) is 2.84. The Morgan fingerprint density at radius 1 is 1.32 bits per heavy atom. The molecule has 0 aliphatic heterocycles. The highest BCUT2D eigenvalue weighted by molar-refractivity contribution is 6.30. The van der Waals surface area contributed by atoms with E-state index >= 15 is 0 Å². The number of hydroxylamine groups is 2. The molecule has 0 bridgehead atoms. The fraction of sp³-hybridized carbons (Fsp3) is 0.467. The largest absolute Gasteiger partial charge is 0.450 e. The normalized spacial score (nSPS) is 11.6. The van der Waals surface area contributed by atoms with Gasteiger partial charge in [-0.3, -0.25) is 9.63 Å². The first-order chi connectivity index (χ1) is 10.5. The van der Waals surface area contributed by atoms with E-state index < -0.39 is 18.0 Å². The first kappa shape index (κ1) is 18.3. The molecule has 1 rings (SSSR count). The Balaban J connectivity index is 2.84. The molecule has 0 spiro atoms. The van der Waals surface area contributed by atoms with Crippen molar-refractivity contribution < 1.29 is 19.2 Å². The van der Waals surface area contributed by atoms with Crippen molar-refractivity contribution in [3.8, 4) is 0 Å². The average molecular weight is 329 g/mol. The summed E-state index contributed by atoms with van der Waals surface area (Å²) in [5.41, 5.74) is 0.589. The van der Waals surface area contributed by atoms with Gasteiger partial charge in [-0.1, -0.05) is 37.1 Å². The lowest BCUT2D eigenvalue weighted by molar-refractivity contribution is -0.171. The highest BCUT2D eigenvalue weighted by atomic mass is 35.5. The average Bonchev–Trinajstić information content (AvgIpc) is 2.52. The zero-order chi connectivity index (χ0) is 16.5. The maximum absolute atomic E-state index is 12.3. The Bertz CT molecular complexity index is 493. The van der Waals surface area contributed by atoms with Crippen LogP contribution in [0.25, 0.3) is 0 Å². The topological polar surface area (TPSA) is 67.9 Å². The van der Waals surface area contributed by atoms with Crippen molar-refractivity contribution in [2.24, 2.45) is 0 Å². The molecule has 0 fully saturated rings. The molecule has 0 aliphatic carbocycles. The predicted octanol–water partition coefficient (Wildman–Crippen LogP) is 2.93. The third kappa shape index (κ3) is 5.54. The van der Waals surface area contributed by atoms with Crippen LogP contribution in [0.5, 0.6) is 0 Å². The number of halogens is 1. The van der Waals surface area contributed by atoms with E-state index in [1.54, 1.807) is 24.3 Å². The van der Waals surface area contributed by atoms with Gasteiger partial charge < -0.3 is 10.1 Å². The first-order valence-corrected chi connectivity index (χ1v) is 7.37. The number of amides is 2. The number of alkyl carbamates (subject to hydrolysis) is 1. The van der Waals surface area contributed by atoms with Gasteiger partial charge in [-0.05, 0) is 24.1 Å². The number of rotatable bonds is 7. The Morgan fingerprint density at radius 3 is 2.50 bits per heavy atom. The number of unbranched alkanes of at least 4 members (excludes halogenated alkanes) is 1. The molecule has 0 saturated heterocycles. The van der Waals surface area contributed by atoms with Crippen LogP contribution >= 0.6 is 11.6 Å². The molecular weight excluding hydrogens is 308 g/mol. The SMILES string of the molecule is CCCCOC(=O)NC(C(=O)N(C)OC)c1ccc(Cl)cc1. The third-order valence-corrected chi connectivity index (χ3v) is 3.28. The van der Waals surface area contributed by atoms with Crippen LogP contribution in [0.2, 0.25) is 5.02 Å². The lowest BCUT2D eigenvalue weighted by Gasteiger charge is -2.23. The number of hydrogen-bond acceptors (Lipinski definition) is 4. The smallest absolute Gasteiger partial charge is 0.408 e. The maximum Gasteiger partial charge on any atom is 0.408 e. The fourth-order valence-electron chi connectivity index (χ4n) is 1.68. The van der Waals surface area contributed by atoms with E-state index in [9.17, 15) is 9.59 Å². The molecule has 2 amide bonds. The molecule has 1 aromatic rings. The summed E-state index contributed by atoms with van der Waals surface area (Å²) in [6.07, 6.45) is 1.04. The van der Waals surface area contributed by atoms with Gasteiger partial charge in [0.15, 0.2) is 0 Å². The van der Waals surface area contributed by atoms with Crippen molar-refractivity contribution in [2.45, 2.75) is 25.8 Å². The van der Waals surface area contributed by atoms with Crippen LogP contribution < -0.4 is 5.32 Å². The highest BCUT2D eigenvalue weighted by Crippen LogP contribution is 2.19. The molecule has 7 heteroatoms. The summed E-state index contributed by atoms with van der Waals surface area (Å²) in [4.78, 5) is 29.0. The molecule has 0 aliphatic rings. The minimum Gasteiger partial charge on any atom is -0.450 e. The van der Waals surface area contributed by atoms with Crippen LogP contribution in [-0.2, 0) is 14.4 Å². The van der Waals surface area contributed by atoms with Crippen molar-refractivity contribution in [1.29, 1.82) is 0 Å². The van der Waals surface area contributed by atoms with Crippen molar-refractivity contribution in [1.82, 2.24) is 10.4 Å². The van der Waals surface area contributed by atoms with Crippen molar-refractivity contribution in [3.05, 3.63) is 34.9 Å². The van der Waals surface area contributed by atoms with E-state index in [2.05, 4.69) is 5.32 Å². The van der Waals surface area contributed by atoms with Gasteiger partial charge in [0.05, 0.1) is 13.7 Å². The summed E-state index contributed by atoms with van der Waals surface area (Å²) in [5, 5.41) is 4.14. The Morgan fingerprint density at radius 2 is 1.95 bits per heavy atom. The van der Waals surface area contributed by atoms with Gasteiger partial charge in [-0.15, -0.1) is 0 Å². The fourth-order valence-corrected chi connectivity index (χ4v) is 1.81. The van der Waals surface area contributed by atoms with Crippen LogP contribution in [0.15, 0.2) is 24.3 Å². The molecule has 1 unspecified atom stereocenters. The van der Waals surface area contributed by atoms with E-state index in [-0.39, 0.29) is 0 Å². The van der Waals surface area contributed by atoms with Gasteiger partial charge in [0, 0.05) is 12.1 Å². The minimum absolute atomic E-state index is 0.310. The summed E-state index contributed by atoms with van der Waals surface area (Å²) >= 11 is 5.84. The lowest BCUT2D eigenvalue weighted by atomic mass is 10.1. The quantitative estimate of drug-likeness (QED) is 0.617. The first-order valence-electron chi connectivity index (χ1n) is 7.00. The van der Waals surface area contributed by atoms with Crippen molar-refractivity contribution in [2.75, 3.05) is 20.8 Å². The van der Waals surface area contributed by atoms with Crippen LogP contribution in [0.1, 0.15) is 31.4 Å². The van der Waals surface area contributed by atoms with Gasteiger partial charge >= 0.3 is 6.09 Å². The number of carbonyl (C=O) groups is 2. The highest BCUT2D eigenvalue weighted by Gasteiger charge is 2.26. The zero-order valence-corrected chi connectivity index (χ0v) is 13.7. The van der Waals surface area contributed by atoms with E-state index in [1.165, 1.54) is 14.2 Å². The number of nitrogens with zero attached hydrogens (tertiary/aromatic N) is 1. The number of likely N-dealkylation sites (N-methyl/N-ethyl adjacent to an activating group) is 1. The molecule has 0 saturated carbocycles. The van der Waals surface area contributed by atoms with Crippen LogP contribution in [0.4, 0.5) is 4.79 Å². The predicted molar refractivity (Wildman–Crippen MR) is 83.4 cm³/mol. The molecule has 0 heterocycles. The summed E-state index contributed by atoms with van der Waals surface area (Å²) in [6.45, 7) is 2.30. The summed E-state index contributed by atoms with van der Waals surface area (Å²) < 4.78 is 5.03. The molecule has 1 aromatic carbocycles. The van der Waals surface area contributed by atoms with Gasteiger partial charge in [0.1, 0.15) is 6.04 Å². The second kappa shape index (κ2) is 9.27. The molecule has 6 nitrogen and oxygen atoms in total. The van der Waals surface area contributed by atoms with Crippen molar-refractivity contribution >= 4 is 23.6 Å². The molecule has 0 radical (unpaired) electrons. The number of carbonyl (C=O) groups excluding carboxylic acids is 2. The van der Waals surface area contributed by atoms with Crippen LogP contribution in [-0.4, -0.2) is 37.8 Å². The monoisotopic (exact) mass is 328 g/mol. The van der Waals surface area contributed by atoms with E-state index in [4.69, 9.17) is 21.2 Å². The van der Waals surface area contributed by atoms with E-state index in [0.717, 1.165) is 17.9 Å². The summed E-state index contributed by atoms with van der Waals surface area (Å²) in [6, 6.07) is 5.72. The number of benzene rings is 1. The maximum atomic E-state index is 12.3. The van der Waals surface area contributed by atoms with E-state index in [1.807, 2.05) is 6.92 Å². The van der Waals surface area contributed by atoms with E-state index in [0.29, 0.717) is 17.2 Å². The van der Waals surface area contributed by atoms with Crippen LogP contribution in [0, 0.1) is 0 Å². The van der Waals surface area contributed by atoms with Gasteiger partial charge in [0.2, 0.25) is 0 Å². The molecule has 122 valence electrons. The lowest BCUT2D eigenvalue weighted by Crippen LogP contribution is -2.41. The Hall–Kier alpha value is -1.79. The standard InChI is InChI=1S/C15H21ClN2O4/c1-4-5-10-22-15(20)17-13(14(19)18(2)21-3)11-6-8-12(16)9-7-11/h6-9,13H,4-5,10H2,1-3H3,(H,17,20). The molecule has 22 heavy (non-hydrogen) atoms. The Kier molecular flexibility index (Phi) is 7.70. The molecular formula is C15H21ClN2O4. The van der Waals surface area contributed by atoms with Gasteiger partial charge in [-0.2, -0.15) is 0 Å². The van der Waals surface area contributed by atoms with Crippen LogP contribution in [0.3, 0.4) is 0 Å². The second-order valence-corrected chi connectivity index (χ2v) is 5.07. The van der Waals surface area contributed by atoms with Crippen molar-refractivity contribution in [3.63, 3.8) is 0 Å². The third-order valence-electron chi connectivity index (χ3n) is 3.03. The Labute approximate surface area is 135 Å². The minimum atomic E-state index is -0.906. The number of ether oxygens (including phenoxy) is 1. The van der Waals surface area contributed by atoms with Gasteiger partial charge in [0.25, 0.3) is 5.91 Å². The molecule has 1 atom stereocenters. The second-order valence-electron chi connectivity index (χ2n) is 4.64. The van der Waals surface area contributed by atoms with Gasteiger partial charge in [-0.25, -0.2) is 9.86 Å². The number of hydrogen-bond donors (Lipinski definition) is 1. The molecule has 0 aromatic heterocycles. The number of nitrogens with one attached hydrogen (secondary N) is 1. The summed E-state index contributed by atoms with van der Waals surface area (Å²) in [5.74, 6) is -0.419.